The molecule has 0 bridgehead atoms. The monoisotopic (exact) mass is 205 g/mol. The topological polar surface area (TPSA) is 26.3 Å². The molecule has 4 heteroatoms. The van der Waals surface area contributed by atoms with E-state index in [0.717, 1.165) is 12.8 Å². The maximum atomic E-state index is 11.0. The standard InChI is InChI=1S/C10H20NO2.FH/c1-6-8-9(11(3,4)5)13-10(12)7-2;/h7,9H,2,6,8H2,1,3-5H3;1H/q+1;/p-1. The van der Waals surface area contributed by atoms with Crippen LogP contribution in [-0.4, -0.2) is 37.8 Å². The molecule has 1 unspecified atom stereocenters. The Morgan fingerprint density at radius 1 is 1.50 bits per heavy atom. The highest BCUT2D eigenvalue weighted by molar-refractivity contribution is 5.81. The van der Waals surface area contributed by atoms with E-state index in [2.05, 4.69) is 13.5 Å². The third kappa shape index (κ3) is 5.70. The lowest BCUT2D eigenvalue weighted by Gasteiger charge is -2.32. The van der Waals surface area contributed by atoms with Crippen molar-refractivity contribution in [2.75, 3.05) is 21.1 Å². The number of carbonyl (C=O) groups excluding carboxylic acids is 1. The van der Waals surface area contributed by atoms with Gasteiger partial charge >= 0.3 is 5.97 Å². The molecule has 0 aromatic heterocycles. The van der Waals surface area contributed by atoms with Crippen LogP contribution in [0.25, 0.3) is 0 Å². The number of rotatable bonds is 5. The van der Waals surface area contributed by atoms with Crippen molar-refractivity contribution in [2.24, 2.45) is 0 Å². The summed E-state index contributed by atoms with van der Waals surface area (Å²) in [5.41, 5.74) is 0. The number of hydrogen-bond acceptors (Lipinski definition) is 2. The largest absolute Gasteiger partial charge is 1.00 e. The summed E-state index contributed by atoms with van der Waals surface area (Å²) >= 11 is 0. The molecular weight excluding hydrogens is 185 g/mol. The Labute approximate surface area is 85.3 Å². The van der Waals surface area contributed by atoms with Gasteiger partial charge in [0.15, 0.2) is 0 Å². The van der Waals surface area contributed by atoms with E-state index in [-0.39, 0.29) is 16.9 Å². The summed E-state index contributed by atoms with van der Waals surface area (Å²) in [6, 6.07) is 0. The molecule has 84 valence electrons. The summed E-state index contributed by atoms with van der Waals surface area (Å²) in [6.07, 6.45) is 3.02. The van der Waals surface area contributed by atoms with E-state index in [9.17, 15) is 4.79 Å². The van der Waals surface area contributed by atoms with Gasteiger partial charge in [0, 0.05) is 12.5 Å². The second-order valence-corrected chi connectivity index (χ2v) is 4.00. The molecule has 0 N–H and O–H groups in total. The van der Waals surface area contributed by atoms with Crippen molar-refractivity contribution >= 4 is 5.97 Å². The Bertz CT molecular complexity index is 187. The zero-order valence-corrected chi connectivity index (χ0v) is 9.42. The van der Waals surface area contributed by atoms with Gasteiger partial charge in [0.25, 0.3) is 0 Å². The number of hydrogen-bond donors (Lipinski definition) is 0. The van der Waals surface area contributed by atoms with Gasteiger partial charge in [-0.15, -0.1) is 0 Å². The Hall–Kier alpha value is -0.900. The molecule has 0 radical (unpaired) electrons. The number of ether oxygens (including phenoxy) is 1. The highest BCUT2D eigenvalue weighted by Gasteiger charge is 2.25. The maximum Gasteiger partial charge on any atom is 0.334 e. The van der Waals surface area contributed by atoms with Crippen molar-refractivity contribution in [3.8, 4) is 0 Å². The number of quaternary nitrogens is 1. The first kappa shape index (κ1) is 15.6. The summed E-state index contributed by atoms with van der Waals surface area (Å²) in [4.78, 5) is 11.0. The second-order valence-electron chi connectivity index (χ2n) is 4.00. The number of esters is 1. The molecule has 0 aliphatic rings. The average molecular weight is 205 g/mol. The molecule has 1 atom stereocenters. The van der Waals surface area contributed by atoms with Crippen molar-refractivity contribution < 1.29 is 18.7 Å². The zero-order chi connectivity index (χ0) is 10.5. The molecule has 0 aliphatic heterocycles. The van der Waals surface area contributed by atoms with Crippen molar-refractivity contribution in [1.82, 2.24) is 0 Å². The lowest BCUT2D eigenvalue weighted by molar-refractivity contribution is -0.917. The Morgan fingerprint density at radius 2 is 2.00 bits per heavy atom. The van der Waals surface area contributed by atoms with Crippen LogP contribution in [-0.2, 0) is 9.53 Å². The van der Waals surface area contributed by atoms with E-state index in [1.54, 1.807) is 0 Å². The summed E-state index contributed by atoms with van der Waals surface area (Å²) in [7, 11) is 6.03. The highest BCUT2D eigenvalue weighted by Crippen LogP contribution is 2.11. The molecule has 0 heterocycles. The van der Waals surface area contributed by atoms with Gasteiger partial charge in [-0.05, 0) is 6.42 Å². The molecule has 0 rings (SSSR count). The van der Waals surface area contributed by atoms with Crippen molar-refractivity contribution in [1.29, 1.82) is 0 Å². The molecule has 0 aromatic rings. The lowest BCUT2D eigenvalue weighted by atomic mass is 10.2. The van der Waals surface area contributed by atoms with E-state index < -0.39 is 0 Å². The smallest absolute Gasteiger partial charge is 0.334 e. The normalized spacial score (nSPS) is 12.6. The lowest BCUT2D eigenvalue weighted by Crippen LogP contribution is -3.00. The van der Waals surface area contributed by atoms with E-state index in [1.165, 1.54) is 6.08 Å². The predicted molar refractivity (Wildman–Crippen MR) is 53.0 cm³/mol. The van der Waals surface area contributed by atoms with Gasteiger partial charge < -0.3 is 9.44 Å². The molecule has 0 fully saturated rings. The molecule has 0 aliphatic carbocycles. The van der Waals surface area contributed by atoms with Gasteiger partial charge in [0.2, 0.25) is 6.23 Å². The van der Waals surface area contributed by atoms with Gasteiger partial charge in [-0.1, -0.05) is 13.5 Å². The SMILES string of the molecule is C=CC(=O)OC(CCC)[N+](C)(C)C.[F-]. The fraction of sp³-hybridized carbons (Fsp3) is 0.700. The minimum absolute atomic E-state index is 0. The first-order chi connectivity index (χ1) is 5.91. The van der Waals surface area contributed by atoms with Crippen LogP contribution in [0.15, 0.2) is 12.7 Å². The van der Waals surface area contributed by atoms with Crippen LogP contribution in [0.1, 0.15) is 19.8 Å². The molecule has 14 heavy (non-hydrogen) atoms. The third-order valence-electron chi connectivity index (χ3n) is 1.82. The fourth-order valence-corrected chi connectivity index (χ4v) is 1.03. The summed E-state index contributed by atoms with van der Waals surface area (Å²) in [5.74, 6) is -0.341. The van der Waals surface area contributed by atoms with Crippen LogP contribution in [0, 0.1) is 0 Å². The third-order valence-corrected chi connectivity index (χ3v) is 1.82. The van der Waals surface area contributed by atoms with Crippen molar-refractivity contribution in [2.45, 2.75) is 26.0 Å². The fourth-order valence-electron chi connectivity index (χ4n) is 1.03. The highest BCUT2D eigenvalue weighted by atomic mass is 19.0. The number of carbonyl (C=O) groups is 1. The van der Waals surface area contributed by atoms with Gasteiger partial charge in [-0.3, -0.25) is 4.48 Å². The molecule has 3 nitrogen and oxygen atoms in total. The first-order valence-electron chi connectivity index (χ1n) is 4.56. The second kappa shape index (κ2) is 6.54. The van der Waals surface area contributed by atoms with Crippen molar-refractivity contribution in [3.05, 3.63) is 12.7 Å². The molecule has 0 aromatic carbocycles. The number of nitrogens with zero attached hydrogens (tertiary/aromatic N) is 1. The van der Waals surface area contributed by atoms with Gasteiger partial charge in [0.05, 0.1) is 21.1 Å². The van der Waals surface area contributed by atoms with E-state index >= 15 is 0 Å². The van der Waals surface area contributed by atoms with Crippen LogP contribution in [0.3, 0.4) is 0 Å². The Balaban J connectivity index is 0. The van der Waals surface area contributed by atoms with Gasteiger partial charge in [0.1, 0.15) is 0 Å². The summed E-state index contributed by atoms with van der Waals surface area (Å²) in [5, 5.41) is 0. The van der Waals surface area contributed by atoms with Gasteiger partial charge in [-0.2, -0.15) is 0 Å². The molecule has 0 spiro atoms. The summed E-state index contributed by atoms with van der Waals surface area (Å²) < 4.78 is 5.85. The van der Waals surface area contributed by atoms with Crippen LogP contribution >= 0.6 is 0 Å². The van der Waals surface area contributed by atoms with Crippen LogP contribution in [0.5, 0.6) is 0 Å². The first-order valence-corrected chi connectivity index (χ1v) is 4.56. The Morgan fingerprint density at radius 3 is 2.29 bits per heavy atom. The van der Waals surface area contributed by atoms with E-state index in [1.807, 2.05) is 21.1 Å². The zero-order valence-electron chi connectivity index (χ0n) is 9.42. The minimum Gasteiger partial charge on any atom is -1.00 e. The predicted octanol–water partition coefficient (Wildman–Crippen LogP) is -1.45. The van der Waals surface area contributed by atoms with Crippen LogP contribution in [0.4, 0.5) is 0 Å². The van der Waals surface area contributed by atoms with Gasteiger partial charge in [-0.25, -0.2) is 4.79 Å². The molecule has 0 saturated heterocycles. The van der Waals surface area contributed by atoms with Crippen molar-refractivity contribution in [3.63, 3.8) is 0 Å². The summed E-state index contributed by atoms with van der Waals surface area (Å²) in [6.45, 7) is 5.45. The molecule has 0 saturated carbocycles. The molecule has 0 amide bonds. The van der Waals surface area contributed by atoms with E-state index in [4.69, 9.17) is 4.74 Å². The Kier molecular flexibility index (Phi) is 7.27. The molecular formula is C10H20FNO2. The van der Waals surface area contributed by atoms with Crippen LogP contribution in [0.2, 0.25) is 0 Å². The van der Waals surface area contributed by atoms with E-state index in [0.29, 0.717) is 4.48 Å². The average Bonchev–Trinajstić information content (AvgIpc) is 2.01. The maximum absolute atomic E-state index is 11.0. The number of halogens is 1. The quantitative estimate of drug-likeness (QED) is 0.238. The minimum atomic E-state index is -0.341. The van der Waals surface area contributed by atoms with Crippen LogP contribution < -0.4 is 4.70 Å².